The van der Waals surface area contributed by atoms with E-state index >= 15 is 0 Å². The number of nitrogens with zero attached hydrogens (tertiary/aromatic N) is 4. The normalized spacial score (nSPS) is 11.1. The largest absolute Gasteiger partial charge is 0.280 e. The molecule has 25 heavy (non-hydrogen) atoms. The lowest BCUT2D eigenvalue weighted by molar-refractivity contribution is -0.384. The molecule has 0 bridgehead atoms. The Balaban J connectivity index is 1.90. The Morgan fingerprint density at radius 2 is 1.96 bits per heavy atom. The van der Waals surface area contributed by atoms with Crippen molar-refractivity contribution >= 4 is 39.3 Å². The van der Waals surface area contributed by atoms with Gasteiger partial charge in [-0.25, -0.2) is 4.68 Å². The minimum Gasteiger partial charge on any atom is -0.258 e. The number of nitro benzene ring substituents is 1. The van der Waals surface area contributed by atoms with Crippen LogP contribution in [0.2, 0.25) is 5.02 Å². The molecule has 1 aromatic heterocycles. The minimum absolute atomic E-state index is 0.111. The van der Waals surface area contributed by atoms with Gasteiger partial charge in [0.1, 0.15) is 15.9 Å². The third kappa shape index (κ3) is 3.78. The second kappa shape index (κ2) is 7.58. The molecule has 3 aromatic rings. The molecule has 0 atom stereocenters. The van der Waals surface area contributed by atoms with Crippen LogP contribution in [0, 0.1) is 10.1 Å². The number of nitro groups is 1. The van der Waals surface area contributed by atoms with Gasteiger partial charge in [-0.2, -0.15) is 0 Å². The van der Waals surface area contributed by atoms with Gasteiger partial charge >= 0.3 is 0 Å². The molecule has 3 rings (SSSR count). The van der Waals surface area contributed by atoms with E-state index in [1.807, 2.05) is 42.5 Å². The van der Waals surface area contributed by atoms with Crippen molar-refractivity contribution in [3.05, 3.63) is 79.9 Å². The maximum atomic E-state index is 11.3. The fourth-order valence-corrected chi connectivity index (χ4v) is 3.08. The smallest absolute Gasteiger partial charge is 0.258 e. The van der Waals surface area contributed by atoms with Crippen LogP contribution in [0.4, 0.5) is 5.69 Å². The highest BCUT2D eigenvalue weighted by atomic mass is 79.9. The zero-order valence-corrected chi connectivity index (χ0v) is 15.2. The predicted molar refractivity (Wildman–Crippen MR) is 100 cm³/mol. The molecule has 0 saturated carbocycles. The van der Waals surface area contributed by atoms with Crippen molar-refractivity contribution in [2.24, 2.45) is 0 Å². The van der Waals surface area contributed by atoms with E-state index in [1.165, 1.54) is 12.1 Å². The van der Waals surface area contributed by atoms with Crippen LogP contribution in [0.25, 0.3) is 17.3 Å². The van der Waals surface area contributed by atoms with Crippen LogP contribution in [-0.4, -0.2) is 19.9 Å². The number of allylic oxidation sites excluding steroid dienone is 1. The van der Waals surface area contributed by atoms with Crippen LogP contribution in [0.5, 0.6) is 0 Å². The van der Waals surface area contributed by atoms with Gasteiger partial charge in [0.25, 0.3) is 5.69 Å². The Hall–Kier alpha value is -2.51. The van der Waals surface area contributed by atoms with E-state index in [4.69, 9.17) is 11.6 Å². The van der Waals surface area contributed by atoms with Crippen molar-refractivity contribution in [1.82, 2.24) is 15.0 Å². The van der Waals surface area contributed by atoms with Gasteiger partial charge in [0.05, 0.1) is 16.5 Å². The molecule has 0 aliphatic carbocycles. The Labute approximate surface area is 157 Å². The molecule has 0 unspecified atom stereocenters. The monoisotopic (exact) mass is 418 g/mol. The van der Waals surface area contributed by atoms with Gasteiger partial charge in [-0.15, -0.1) is 5.10 Å². The van der Waals surface area contributed by atoms with Crippen LogP contribution in [0.15, 0.2) is 59.2 Å². The first-order valence-corrected chi connectivity index (χ1v) is 8.49. The average Bonchev–Trinajstić information content (AvgIpc) is 2.96. The van der Waals surface area contributed by atoms with Crippen LogP contribution in [0.3, 0.4) is 0 Å². The molecule has 0 aliphatic rings. The summed E-state index contributed by atoms with van der Waals surface area (Å²) in [5, 5.41) is 19.6. The Morgan fingerprint density at radius 3 is 2.68 bits per heavy atom. The topological polar surface area (TPSA) is 73.8 Å². The van der Waals surface area contributed by atoms with Crippen molar-refractivity contribution in [2.75, 3.05) is 0 Å². The van der Waals surface area contributed by atoms with E-state index in [0.717, 1.165) is 5.56 Å². The molecule has 1 heterocycles. The number of hydrogen-bond donors (Lipinski definition) is 0. The lowest BCUT2D eigenvalue weighted by Crippen LogP contribution is -1.98. The lowest BCUT2D eigenvalue weighted by Gasteiger charge is -2.03. The van der Waals surface area contributed by atoms with E-state index in [0.29, 0.717) is 16.8 Å². The molecule has 126 valence electrons. The first-order chi connectivity index (χ1) is 12.1. The Bertz CT molecular complexity index is 941. The number of benzene rings is 2. The molecule has 0 spiro atoms. The molecule has 0 amide bonds. The highest BCUT2D eigenvalue weighted by Gasteiger charge is 2.24. The number of halogens is 2. The average molecular weight is 420 g/mol. The van der Waals surface area contributed by atoms with Gasteiger partial charge in [0, 0.05) is 6.07 Å². The van der Waals surface area contributed by atoms with Crippen molar-refractivity contribution < 1.29 is 4.92 Å². The molecule has 8 heteroatoms. The van der Waals surface area contributed by atoms with Gasteiger partial charge in [-0.1, -0.05) is 65.4 Å². The third-order valence-corrected chi connectivity index (χ3v) is 4.59. The van der Waals surface area contributed by atoms with Crippen LogP contribution in [0.1, 0.15) is 5.56 Å². The molecular weight excluding hydrogens is 408 g/mol. The molecular formula is C17H12BrClN4O2. The summed E-state index contributed by atoms with van der Waals surface area (Å²) in [6.07, 6.45) is 3.89. The summed E-state index contributed by atoms with van der Waals surface area (Å²) in [5.41, 5.74) is 1.55. The predicted octanol–water partition coefficient (Wildman–Crippen LogP) is 4.98. The third-order valence-electron chi connectivity index (χ3n) is 3.49. The Morgan fingerprint density at radius 1 is 1.20 bits per heavy atom. The van der Waals surface area contributed by atoms with Crippen LogP contribution >= 0.6 is 27.5 Å². The summed E-state index contributed by atoms with van der Waals surface area (Å²) in [5.74, 6) is 0. The van der Waals surface area contributed by atoms with Gasteiger partial charge in [0.2, 0.25) is 0 Å². The van der Waals surface area contributed by atoms with E-state index in [-0.39, 0.29) is 16.3 Å². The van der Waals surface area contributed by atoms with Crippen LogP contribution < -0.4 is 0 Å². The maximum absolute atomic E-state index is 11.3. The highest BCUT2D eigenvalue weighted by molar-refractivity contribution is 9.10. The zero-order chi connectivity index (χ0) is 17.8. The minimum atomic E-state index is -0.484. The van der Waals surface area contributed by atoms with Crippen molar-refractivity contribution in [3.8, 4) is 11.3 Å². The fraction of sp³-hybridized carbons (Fsp3) is 0.0588. The highest BCUT2D eigenvalue weighted by Crippen LogP contribution is 2.38. The van der Waals surface area contributed by atoms with Gasteiger partial charge in [0.15, 0.2) is 0 Å². The van der Waals surface area contributed by atoms with E-state index in [1.54, 1.807) is 10.7 Å². The molecule has 0 saturated heterocycles. The molecule has 0 N–H and O–H groups in total. The molecule has 0 radical (unpaired) electrons. The lowest BCUT2D eigenvalue weighted by atomic mass is 10.1. The van der Waals surface area contributed by atoms with Crippen LogP contribution in [-0.2, 0) is 6.54 Å². The van der Waals surface area contributed by atoms with Crippen molar-refractivity contribution in [3.63, 3.8) is 0 Å². The van der Waals surface area contributed by atoms with Crippen molar-refractivity contribution in [1.29, 1.82) is 0 Å². The maximum Gasteiger partial charge on any atom is 0.280 e. The number of aromatic nitrogens is 3. The summed E-state index contributed by atoms with van der Waals surface area (Å²) in [4.78, 5) is 10.8. The van der Waals surface area contributed by atoms with E-state index in [9.17, 15) is 10.1 Å². The summed E-state index contributed by atoms with van der Waals surface area (Å²) in [6.45, 7) is 0.459. The molecule has 0 fully saturated rings. The standard InChI is InChI=1S/C17H12BrClN4O2/c18-17-16(15-13(19)9-4-10-14(15)23(24)25)20-21-22(17)11-5-8-12-6-2-1-3-7-12/h1-10H,11H2/b8-5+. The molecule has 2 aromatic carbocycles. The summed E-state index contributed by atoms with van der Waals surface area (Å²) in [6, 6.07) is 14.4. The summed E-state index contributed by atoms with van der Waals surface area (Å²) < 4.78 is 2.13. The van der Waals surface area contributed by atoms with E-state index < -0.39 is 4.92 Å². The van der Waals surface area contributed by atoms with Crippen molar-refractivity contribution in [2.45, 2.75) is 6.54 Å². The quantitative estimate of drug-likeness (QED) is 0.432. The van der Waals surface area contributed by atoms with Gasteiger partial charge in [-0.3, -0.25) is 10.1 Å². The second-order valence-corrected chi connectivity index (χ2v) is 6.27. The SMILES string of the molecule is O=[N+]([O-])c1cccc(Cl)c1-c1nnn(C/C=C/c2ccccc2)c1Br. The van der Waals surface area contributed by atoms with E-state index in [2.05, 4.69) is 26.2 Å². The van der Waals surface area contributed by atoms with Gasteiger partial charge in [-0.05, 0) is 27.6 Å². The summed E-state index contributed by atoms with van der Waals surface area (Å²) in [7, 11) is 0. The molecule has 6 nitrogen and oxygen atoms in total. The second-order valence-electron chi connectivity index (χ2n) is 5.12. The number of rotatable bonds is 5. The first-order valence-electron chi connectivity index (χ1n) is 7.32. The number of hydrogen-bond acceptors (Lipinski definition) is 4. The molecule has 0 aliphatic heterocycles. The summed E-state index contributed by atoms with van der Waals surface area (Å²) >= 11 is 9.57. The zero-order valence-electron chi connectivity index (χ0n) is 12.8. The first kappa shape index (κ1) is 17.3. The van der Waals surface area contributed by atoms with Gasteiger partial charge < -0.3 is 0 Å². The fourth-order valence-electron chi connectivity index (χ4n) is 2.32. The Kier molecular flexibility index (Phi) is 5.25.